The molecule has 1 rings (SSSR count). The Labute approximate surface area is 106 Å². The molecule has 0 aliphatic rings. The molecule has 0 aliphatic carbocycles. The first kappa shape index (κ1) is 13.9. The molecule has 1 nitrogen and oxygen atoms in total. The van der Waals surface area contributed by atoms with Crippen LogP contribution in [0.3, 0.4) is 0 Å². The molecule has 0 aliphatic heterocycles. The third-order valence-corrected chi connectivity index (χ3v) is 6.21. The summed E-state index contributed by atoms with van der Waals surface area (Å²) >= 11 is 0. The van der Waals surface area contributed by atoms with Gasteiger partial charge < -0.3 is 0 Å². The lowest BCUT2D eigenvalue weighted by Gasteiger charge is -2.31. The van der Waals surface area contributed by atoms with Gasteiger partial charge in [0.1, 0.15) is 5.82 Å². The molecule has 1 aromatic carbocycles. The first-order valence-electron chi connectivity index (χ1n) is 5.63. The number of halogens is 1. The lowest BCUT2D eigenvalue weighted by molar-refractivity contribution is -0.787. The van der Waals surface area contributed by atoms with Crippen molar-refractivity contribution in [3.63, 3.8) is 0 Å². The fourth-order valence-corrected chi connectivity index (χ4v) is 4.26. The molecule has 0 saturated heterocycles. The molecule has 0 fully saturated rings. The second-order valence-corrected chi connectivity index (χ2v) is 6.13. The maximum Gasteiger partial charge on any atom is 0.152 e. The molecule has 0 radical (unpaired) electrons. The van der Waals surface area contributed by atoms with E-state index in [4.69, 9.17) is 0 Å². The maximum atomic E-state index is 12.7. The summed E-state index contributed by atoms with van der Waals surface area (Å²) in [5.41, 5.74) is 0. The molecule has 0 spiro atoms. The third kappa shape index (κ3) is 3.68. The van der Waals surface area contributed by atoms with Gasteiger partial charge in [-0.25, -0.2) is 4.39 Å². The minimum atomic E-state index is -0.170. The van der Waals surface area contributed by atoms with Crippen molar-refractivity contribution < 1.29 is 8.28 Å². The molecule has 0 heterocycles. The van der Waals surface area contributed by atoms with Gasteiger partial charge in [0.25, 0.3) is 0 Å². The van der Waals surface area contributed by atoms with Crippen LogP contribution in [0, 0.1) is 5.82 Å². The van der Waals surface area contributed by atoms with Crippen LogP contribution in [0.2, 0.25) is 0 Å². The summed E-state index contributed by atoms with van der Waals surface area (Å²) in [6.07, 6.45) is 0. The van der Waals surface area contributed by atoms with Gasteiger partial charge in [0.2, 0.25) is 0 Å². The zero-order chi connectivity index (χ0) is 12.0. The van der Waals surface area contributed by atoms with E-state index in [0.717, 1.165) is 28.4 Å². The predicted octanol–water partition coefficient (Wildman–Crippen LogP) is 4.36. The van der Waals surface area contributed by atoms with Crippen molar-refractivity contribution in [1.82, 2.24) is 0 Å². The van der Waals surface area contributed by atoms with Gasteiger partial charge in [-0.1, -0.05) is 0 Å². The Balaban J connectivity index is 2.58. The zero-order valence-electron chi connectivity index (χ0n) is 10.1. The van der Waals surface area contributed by atoms with Crippen LogP contribution in [0.1, 0.15) is 20.8 Å². The Morgan fingerprint density at radius 1 is 1.00 bits per heavy atom. The second-order valence-electron chi connectivity index (χ2n) is 3.62. The molecule has 0 unspecified atom stereocenters. The van der Waals surface area contributed by atoms with Crippen LogP contribution in [-0.2, 0) is 0 Å². The summed E-state index contributed by atoms with van der Waals surface area (Å²) in [5.74, 6) is -0.170. The monoisotopic (exact) mass is 260 g/mol. The highest BCUT2D eigenvalue weighted by atomic mass is 33.1. The molecule has 0 bridgehead atoms. The standard InChI is InChI=1S/C12H19FNS2/c1-4-14(5-2,6-3)16-15-12-9-7-11(13)8-10-12/h7-10H,4-6H2,1-3H3/q+1. The van der Waals surface area contributed by atoms with Gasteiger partial charge in [0.15, 0.2) is 11.0 Å². The lowest BCUT2D eigenvalue weighted by atomic mass is 10.4. The van der Waals surface area contributed by atoms with Crippen molar-refractivity contribution in [2.45, 2.75) is 25.7 Å². The van der Waals surface area contributed by atoms with E-state index >= 15 is 0 Å². The molecule has 4 heteroatoms. The van der Waals surface area contributed by atoms with Crippen LogP contribution in [0.15, 0.2) is 29.2 Å². The topological polar surface area (TPSA) is 0 Å². The fraction of sp³-hybridized carbons (Fsp3) is 0.500. The van der Waals surface area contributed by atoms with Gasteiger partial charge in [-0.15, -0.1) is 0 Å². The number of hydrogen-bond donors (Lipinski definition) is 0. The summed E-state index contributed by atoms with van der Waals surface area (Å²) in [6.45, 7) is 9.99. The summed E-state index contributed by atoms with van der Waals surface area (Å²) in [6, 6.07) is 6.70. The first-order valence-corrected chi connectivity index (χ1v) is 7.74. The Morgan fingerprint density at radius 2 is 1.50 bits per heavy atom. The second kappa shape index (κ2) is 6.52. The minimum absolute atomic E-state index is 0.170. The smallest absolute Gasteiger partial charge is 0.152 e. The Kier molecular flexibility index (Phi) is 5.66. The molecule has 0 amide bonds. The van der Waals surface area contributed by atoms with Crippen molar-refractivity contribution in [1.29, 1.82) is 0 Å². The fourth-order valence-electron chi connectivity index (χ4n) is 1.44. The highest BCUT2D eigenvalue weighted by molar-refractivity contribution is 8.74. The highest BCUT2D eigenvalue weighted by Crippen LogP contribution is 2.38. The van der Waals surface area contributed by atoms with Gasteiger partial charge in [-0.05, 0) is 45.0 Å². The van der Waals surface area contributed by atoms with E-state index in [1.165, 1.54) is 12.1 Å². The van der Waals surface area contributed by atoms with Crippen molar-refractivity contribution in [2.75, 3.05) is 19.6 Å². The van der Waals surface area contributed by atoms with Crippen LogP contribution in [-0.4, -0.2) is 23.5 Å². The lowest BCUT2D eigenvalue weighted by Crippen LogP contribution is -2.39. The van der Waals surface area contributed by atoms with E-state index in [9.17, 15) is 4.39 Å². The van der Waals surface area contributed by atoms with Crippen LogP contribution in [0.5, 0.6) is 0 Å². The van der Waals surface area contributed by atoms with E-state index in [1.54, 1.807) is 10.8 Å². The summed E-state index contributed by atoms with van der Waals surface area (Å²) < 4.78 is 13.8. The molecule has 1 aromatic rings. The minimum Gasteiger partial charge on any atom is -0.252 e. The average Bonchev–Trinajstić information content (AvgIpc) is 2.34. The van der Waals surface area contributed by atoms with Gasteiger partial charge in [-0.3, -0.25) is 3.89 Å². The SMILES string of the molecule is CC[N+](CC)(CC)SSc1ccc(F)cc1. The van der Waals surface area contributed by atoms with E-state index in [1.807, 2.05) is 23.1 Å². The normalized spacial score (nSPS) is 11.8. The van der Waals surface area contributed by atoms with Gasteiger partial charge >= 0.3 is 0 Å². The molecular weight excluding hydrogens is 241 g/mol. The number of quaternary nitrogens is 1. The molecule has 16 heavy (non-hydrogen) atoms. The largest absolute Gasteiger partial charge is 0.252 e. The van der Waals surface area contributed by atoms with E-state index in [0.29, 0.717) is 0 Å². The molecule has 0 N–H and O–H groups in total. The van der Waals surface area contributed by atoms with E-state index < -0.39 is 0 Å². The quantitative estimate of drug-likeness (QED) is 0.423. The van der Waals surface area contributed by atoms with Crippen molar-refractivity contribution in [3.05, 3.63) is 30.1 Å². The summed E-state index contributed by atoms with van der Waals surface area (Å²) in [4.78, 5) is 1.12. The first-order chi connectivity index (χ1) is 7.65. The molecule has 90 valence electrons. The van der Waals surface area contributed by atoms with Crippen LogP contribution >= 0.6 is 21.8 Å². The Morgan fingerprint density at radius 3 is 1.94 bits per heavy atom. The van der Waals surface area contributed by atoms with Crippen molar-refractivity contribution in [3.8, 4) is 0 Å². The van der Waals surface area contributed by atoms with Crippen molar-refractivity contribution >= 4 is 21.8 Å². The average molecular weight is 260 g/mol. The van der Waals surface area contributed by atoms with Crippen LogP contribution < -0.4 is 0 Å². The number of nitrogens with zero attached hydrogens (tertiary/aromatic N) is 1. The number of rotatable bonds is 6. The molecule has 0 saturated carbocycles. The van der Waals surface area contributed by atoms with Gasteiger partial charge in [0, 0.05) is 15.7 Å². The molecule has 0 atom stereocenters. The highest BCUT2D eigenvalue weighted by Gasteiger charge is 2.23. The molecular formula is C12H19FNS2+. The van der Waals surface area contributed by atoms with Crippen LogP contribution in [0.4, 0.5) is 4.39 Å². The zero-order valence-corrected chi connectivity index (χ0v) is 11.7. The number of benzene rings is 1. The third-order valence-electron chi connectivity index (χ3n) is 2.83. The summed E-state index contributed by atoms with van der Waals surface area (Å²) in [5, 5.41) is 0. The van der Waals surface area contributed by atoms with Gasteiger partial charge in [0.05, 0.1) is 19.6 Å². The Hall–Kier alpha value is -0.190. The van der Waals surface area contributed by atoms with Gasteiger partial charge in [-0.2, -0.15) is 0 Å². The number of hydrogen-bond acceptors (Lipinski definition) is 2. The molecule has 0 aromatic heterocycles. The maximum absolute atomic E-state index is 12.7. The van der Waals surface area contributed by atoms with Crippen molar-refractivity contribution in [2.24, 2.45) is 0 Å². The Bertz CT molecular complexity index is 301. The summed E-state index contributed by atoms with van der Waals surface area (Å²) in [7, 11) is 3.59. The van der Waals surface area contributed by atoms with E-state index in [2.05, 4.69) is 20.8 Å². The van der Waals surface area contributed by atoms with Crippen LogP contribution in [0.25, 0.3) is 0 Å². The predicted molar refractivity (Wildman–Crippen MR) is 71.7 cm³/mol. The van der Waals surface area contributed by atoms with E-state index in [-0.39, 0.29) is 5.82 Å².